The molecular formula is C20H20N4. The van der Waals surface area contributed by atoms with Crippen molar-refractivity contribution in [1.82, 2.24) is 9.97 Å². The molecule has 2 aromatic rings. The summed E-state index contributed by atoms with van der Waals surface area (Å²) < 4.78 is 0. The van der Waals surface area contributed by atoms with E-state index in [0.29, 0.717) is 23.7 Å². The van der Waals surface area contributed by atoms with Crippen molar-refractivity contribution in [2.24, 2.45) is 39.3 Å². The van der Waals surface area contributed by atoms with Crippen LogP contribution in [0, 0.1) is 29.1 Å². The first-order valence-corrected chi connectivity index (χ1v) is 8.93. The van der Waals surface area contributed by atoms with Gasteiger partial charge in [-0.1, -0.05) is 26.0 Å². The molecule has 2 aliphatic heterocycles. The van der Waals surface area contributed by atoms with E-state index in [0.717, 1.165) is 11.4 Å². The minimum absolute atomic E-state index is 0.159. The van der Waals surface area contributed by atoms with Gasteiger partial charge in [0.2, 0.25) is 0 Å². The van der Waals surface area contributed by atoms with Crippen LogP contribution >= 0.6 is 0 Å². The summed E-state index contributed by atoms with van der Waals surface area (Å²) in [6, 6.07) is 12.5. The lowest BCUT2D eigenvalue weighted by Crippen LogP contribution is -2.52. The fourth-order valence-electron chi connectivity index (χ4n) is 6.40. The molecule has 3 fully saturated rings. The van der Waals surface area contributed by atoms with E-state index in [4.69, 9.17) is 20.2 Å². The Bertz CT molecular complexity index is 862. The van der Waals surface area contributed by atoms with E-state index in [9.17, 15) is 0 Å². The van der Waals surface area contributed by atoms with Gasteiger partial charge in [0, 0.05) is 35.6 Å². The highest BCUT2D eigenvalue weighted by molar-refractivity contribution is 5.46. The van der Waals surface area contributed by atoms with Crippen LogP contribution < -0.4 is 0 Å². The molecule has 24 heavy (non-hydrogen) atoms. The molecule has 0 saturated heterocycles. The fraction of sp³-hybridized carbons (Fsp3) is 0.500. The minimum Gasteiger partial charge on any atom is -0.259 e. The monoisotopic (exact) mass is 316 g/mol. The molecule has 7 rings (SSSR count). The maximum Gasteiger partial charge on any atom is 0.132 e. The Morgan fingerprint density at radius 2 is 1.62 bits per heavy atom. The summed E-state index contributed by atoms with van der Waals surface area (Å²) in [4.78, 5) is 9.45. The first-order valence-electron chi connectivity index (χ1n) is 8.93. The first kappa shape index (κ1) is 13.2. The van der Waals surface area contributed by atoms with Crippen molar-refractivity contribution in [3.63, 3.8) is 0 Å². The molecule has 5 aliphatic rings. The van der Waals surface area contributed by atoms with Gasteiger partial charge >= 0.3 is 0 Å². The zero-order valence-electron chi connectivity index (χ0n) is 13.9. The highest BCUT2D eigenvalue weighted by atomic mass is 15.3. The summed E-state index contributed by atoms with van der Waals surface area (Å²) in [6.45, 7) is 4.78. The molecule has 2 aromatic heterocycles. The molecule has 120 valence electrons. The van der Waals surface area contributed by atoms with Crippen LogP contribution in [0.3, 0.4) is 0 Å². The Hall–Kier alpha value is -2.10. The summed E-state index contributed by atoms with van der Waals surface area (Å²) >= 11 is 0. The summed E-state index contributed by atoms with van der Waals surface area (Å²) in [5.74, 6) is 2.24. The average molecular weight is 316 g/mol. The summed E-state index contributed by atoms with van der Waals surface area (Å²) in [6.07, 6.45) is 4.97. The molecular weight excluding hydrogens is 296 g/mol. The Morgan fingerprint density at radius 3 is 2.29 bits per heavy atom. The van der Waals surface area contributed by atoms with Gasteiger partial charge in [0.1, 0.15) is 11.1 Å². The molecule has 3 saturated carbocycles. The minimum atomic E-state index is -0.223. The van der Waals surface area contributed by atoms with Crippen LogP contribution in [0.25, 0.3) is 0 Å². The van der Waals surface area contributed by atoms with Gasteiger partial charge in [-0.25, -0.2) is 0 Å². The molecule has 0 radical (unpaired) electrons. The molecule has 2 bridgehead atoms. The van der Waals surface area contributed by atoms with Crippen molar-refractivity contribution in [2.75, 3.05) is 0 Å². The number of hydrogen-bond donors (Lipinski definition) is 0. The quantitative estimate of drug-likeness (QED) is 0.842. The number of nitrogens with zero attached hydrogens (tertiary/aromatic N) is 4. The van der Waals surface area contributed by atoms with Crippen molar-refractivity contribution in [1.29, 1.82) is 0 Å². The van der Waals surface area contributed by atoms with Gasteiger partial charge in [-0.15, -0.1) is 0 Å². The molecule has 4 heteroatoms. The van der Waals surface area contributed by atoms with Crippen molar-refractivity contribution in [3.05, 3.63) is 60.2 Å². The van der Waals surface area contributed by atoms with Gasteiger partial charge in [0.25, 0.3) is 0 Å². The number of hydrogen-bond acceptors (Lipinski definition) is 4. The van der Waals surface area contributed by atoms with E-state index in [1.54, 1.807) is 0 Å². The second kappa shape index (κ2) is 3.76. The lowest BCUT2D eigenvalue weighted by atomic mass is 9.62. The largest absolute Gasteiger partial charge is 0.259 e. The maximum absolute atomic E-state index is 5.04. The van der Waals surface area contributed by atoms with E-state index in [-0.39, 0.29) is 16.5 Å². The Labute approximate surface area is 141 Å². The van der Waals surface area contributed by atoms with Crippen LogP contribution in [-0.2, 0) is 11.1 Å². The number of azo groups is 1. The first-order chi connectivity index (χ1) is 11.7. The topological polar surface area (TPSA) is 50.5 Å². The average Bonchev–Trinajstić information content (AvgIpc) is 3.53. The third-order valence-electron chi connectivity index (χ3n) is 7.51. The molecule has 4 heterocycles. The smallest absolute Gasteiger partial charge is 0.132 e. The van der Waals surface area contributed by atoms with Gasteiger partial charge in [-0.2, -0.15) is 10.2 Å². The predicted octanol–water partition coefficient (Wildman–Crippen LogP) is 3.96. The van der Waals surface area contributed by atoms with E-state index >= 15 is 0 Å². The van der Waals surface area contributed by atoms with E-state index in [2.05, 4.69) is 38.1 Å². The van der Waals surface area contributed by atoms with Gasteiger partial charge < -0.3 is 0 Å². The Kier molecular flexibility index (Phi) is 2.07. The standard InChI is InChI=1S/C20H20N4/c1-12-16-17(12)20(15-8-4-6-10-22-15)18(2)11-13(18)19(16,23-24-20)14-7-3-5-9-21-14/h3-10,12-13,16-17H,11H2,1-2H3/t12-,13+,16-,17+,18-,19-,20+/m1/s1. The highest BCUT2D eigenvalue weighted by Gasteiger charge is 2.89. The zero-order valence-corrected chi connectivity index (χ0v) is 13.9. The molecule has 0 amide bonds. The van der Waals surface area contributed by atoms with Crippen LogP contribution in [0.5, 0.6) is 0 Å². The SMILES string of the molecule is C[C@@H]1[C@@H]2[C@H]1[C@]1(c3ccccn3)N=N[C@@]2(c2ccccn2)[C@H]2C[C@]21C. The van der Waals surface area contributed by atoms with Crippen LogP contribution in [0.15, 0.2) is 59.0 Å². The highest BCUT2D eigenvalue weighted by Crippen LogP contribution is 2.88. The second-order valence-corrected chi connectivity index (χ2v) is 8.31. The molecule has 7 atom stereocenters. The van der Waals surface area contributed by atoms with Crippen LogP contribution in [-0.4, -0.2) is 9.97 Å². The summed E-state index contributed by atoms with van der Waals surface area (Å²) in [5.41, 5.74) is 1.98. The van der Waals surface area contributed by atoms with E-state index in [1.807, 2.05) is 24.5 Å². The van der Waals surface area contributed by atoms with Crippen LogP contribution in [0.1, 0.15) is 31.7 Å². The van der Waals surface area contributed by atoms with Crippen molar-refractivity contribution < 1.29 is 0 Å². The van der Waals surface area contributed by atoms with Gasteiger partial charge in [0.05, 0.1) is 11.4 Å². The van der Waals surface area contributed by atoms with Crippen molar-refractivity contribution in [3.8, 4) is 0 Å². The molecule has 0 spiro atoms. The maximum atomic E-state index is 5.04. The van der Waals surface area contributed by atoms with Crippen molar-refractivity contribution in [2.45, 2.75) is 31.3 Å². The van der Waals surface area contributed by atoms with Gasteiger partial charge in [0.15, 0.2) is 0 Å². The van der Waals surface area contributed by atoms with E-state index in [1.165, 1.54) is 6.42 Å². The second-order valence-electron chi connectivity index (χ2n) is 8.31. The third kappa shape index (κ3) is 1.14. The molecule has 0 N–H and O–H groups in total. The fourth-order valence-corrected chi connectivity index (χ4v) is 6.40. The van der Waals surface area contributed by atoms with Crippen molar-refractivity contribution >= 4 is 0 Å². The normalized spacial score (nSPS) is 49.4. The van der Waals surface area contributed by atoms with Gasteiger partial charge in [-0.3, -0.25) is 9.97 Å². The predicted molar refractivity (Wildman–Crippen MR) is 89.0 cm³/mol. The summed E-state index contributed by atoms with van der Waals surface area (Å²) in [5, 5.41) is 10.0. The number of rotatable bonds is 2. The Balaban J connectivity index is 1.62. The van der Waals surface area contributed by atoms with Crippen LogP contribution in [0.2, 0.25) is 0 Å². The summed E-state index contributed by atoms with van der Waals surface area (Å²) in [7, 11) is 0. The molecule has 3 aliphatic carbocycles. The molecule has 0 aromatic carbocycles. The van der Waals surface area contributed by atoms with Gasteiger partial charge in [-0.05, 0) is 36.6 Å². The number of aromatic nitrogens is 2. The third-order valence-corrected chi connectivity index (χ3v) is 7.51. The molecule has 0 unspecified atom stereocenters. The zero-order chi connectivity index (χ0) is 16.2. The lowest BCUT2D eigenvalue weighted by Gasteiger charge is -2.49. The molecule has 4 nitrogen and oxygen atoms in total. The van der Waals surface area contributed by atoms with Crippen LogP contribution in [0.4, 0.5) is 0 Å². The van der Waals surface area contributed by atoms with E-state index < -0.39 is 0 Å². The number of pyridine rings is 2. The lowest BCUT2D eigenvalue weighted by molar-refractivity contribution is 0.0490. The Morgan fingerprint density at radius 1 is 0.917 bits per heavy atom.